The first kappa shape index (κ1) is 14.9. The molecule has 0 aliphatic heterocycles. The van der Waals surface area contributed by atoms with Crippen molar-refractivity contribution in [3.05, 3.63) is 24.3 Å². The molecule has 0 heterocycles. The quantitative estimate of drug-likeness (QED) is 0.380. The number of ether oxygens (including phenoxy) is 2. The number of carbonyl (C=O) groups is 1. The molecule has 2 unspecified atom stereocenters. The van der Waals surface area contributed by atoms with Crippen LogP contribution in [0.3, 0.4) is 0 Å². The van der Waals surface area contributed by atoms with Gasteiger partial charge in [-0.3, -0.25) is 4.79 Å². The fraction of sp³-hybridized carbons (Fsp3) is 0.615. The molecular weight excluding hydrogens is 204 g/mol. The van der Waals surface area contributed by atoms with Gasteiger partial charge in [-0.2, -0.15) is 0 Å². The molecule has 0 radical (unpaired) electrons. The van der Waals surface area contributed by atoms with Crippen molar-refractivity contribution in [3.63, 3.8) is 0 Å². The van der Waals surface area contributed by atoms with Gasteiger partial charge in [-0.05, 0) is 33.6 Å². The summed E-state index contributed by atoms with van der Waals surface area (Å²) in [6, 6.07) is 0. The topological polar surface area (TPSA) is 35.5 Å². The van der Waals surface area contributed by atoms with Gasteiger partial charge in [0.15, 0.2) is 6.29 Å². The Morgan fingerprint density at radius 2 is 1.69 bits per heavy atom. The number of carbonyl (C=O) groups excluding carboxylic acids is 1. The first-order valence-electron chi connectivity index (χ1n) is 5.65. The van der Waals surface area contributed by atoms with E-state index in [1.54, 1.807) is 6.92 Å². The third-order valence-electron chi connectivity index (χ3n) is 1.99. The molecule has 0 aromatic heterocycles. The Bertz CT molecular complexity index is 230. The highest BCUT2D eigenvalue weighted by atomic mass is 16.7. The molecule has 16 heavy (non-hydrogen) atoms. The van der Waals surface area contributed by atoms with Crippen molar-refractivity contribution >= 4 is 5.97 Å². The van der Waals surface area contributed by atoms with Crippen LogP contribution in [0.25, 0.3) is 0 Å². The van der Waals surface area contributed by atoms with Crippen molar-refractivity contribution < 1.29 is 14.3 Å². The molecule has 2 atom stereocenters. The van der Waals surface area contributed by atoms with Crippen LogP contribution in [-0.2, 0) is 14.3 Å². The second-order valence-corrected chi connectivity index (χ2v) is 3.54. The summed E-state index contributed by atoms with van der Waals surface area (Å²) in [4.78, 5) is 10.7. The van der Waals surface area contributed by atoms with Gasteiger partial charge >= 0.3 is 5.97 Å². The lowest BCUT2D eigenvalue weighted by atomic mass is 10.1. The highest BCUT2D eigenvalue weighted by Gasteiger charge is 2.12. The summed E-state index contributed by atoms with van der Waals surface area (Å²) in [6.07, 6.45) is 9.30. The van der Waals surface area contributed by atoms with Crippen molar-refractivity contribution in [3.8, 4) is 0 Å². The number of hydrogen-bond donors (Lipinski definition) is 0. The highest BCUT2D eigenvalue weighted by molar-refractivity contribution is 5.65. The number of hydrogen-bond acceptors (Lipinski definition) is 3. The van der Waals surface area contributed by atoms with E-state index in [2.05, 4.69) is 12.2 Å². The molecule has 0 fully saturated rings. The maximum Gasteiger partial charge on any atom is 0.304 e. The smallest absolute Gasteiger partial charge is 0.304 e. The van der Waals surface area contributed by atoms with E-state index in [1.807, 2.05) is 26.0 Å². The van der Waals surface area contributed by atoms with E-state index in [-0.39, 0.29) is 12.1 Å². The maximum atomic E-state index is 10.7. The van der Waals surface area contributed by atoms with Gasteiger partial charge in [0.05, 0.1) is 6.10 Å². The molecule has 0 rings (SSSR count). The molecule has 0 saturated heterocycles. The molecule has 0 bridgehead atoms. The second kappa shape index (κ2) is 9.16. The van der Waals surface area contributed by atoms with Gasteiger partial charge in [0, 0.05) is 6.92 Å². The lowest BCUT2D eigenvalue weighted by Crippen LogP contribution is -2.23. The summed E-state index contributed by atoms with van der Waals surface area (Å²) >= 11 is 0. The lowest BCUT2D eigenvalue weighted by Gasteiger charge is -2.20. The van der Waals surface area contributed by atoms with Gasteiger partial charge in [-0.15, -0.1) is 0 Å². The highest BCUT2D eigenvalue weighted by Crippen LogP contribution is 2.10. The Kier molecular flexibility index (Phi) is 8.53. The van der Waals surface area contributed by atoms with E-state index in [4.69, 9.17) is 9.47 Å². The minimum atomic E-state index is -0.488. The third-order valence-corrected chi connectivity index (χ3v) is 1.99. The van der Waals surface area contributed by atoms with Crippen molar-refractivity contribution in [2.75, 3.05) is 0 Å². The van der Waals surface area contributed by atoms with Crippen LogP contribution in [-0.4, -0.2) is 18.4 Å². The van der Waals surface area contributed by atoms with Gasteiger partial charge in [0.2, 0.25) is 0 Å². The fourth-order valence-corrected chi connectivity index (χ4v) is 1.32. The summed E-state index contributed by atoms with van der Waals surface area (Å²) in [6.45, 7) is 7.07. The van der Waals surface area contributed by atoms with Crippen LogP contribution in [0.1, 0.15) is 40.5 Å². The average Bonchev–Trinajstić information content (AvgIpc) is 2.20. The van der Waals surface area contributed by atoms with Gasteiger partial charge < -0.3 is 9.47 Å². The van der Waals surface area contributed by atoms with Crippen LogP contribution in [0, 0.1) is 0 Å². The normalized spacial score (nSPS) is 15.5. The fourth-order valence-electron chi connectivity index (χ4n) is 1.32. The molecule has 0 aliphatic rings. The monoisotopic (exact) mass is 226 g/mol. The minimum Gasteiger partial charge on any atom is -0.436 e. The zero-order valence-electron chi connectivity index (χ0n) is 10.6. The number of rotatable bonds is 7. The Morgan fingerprint density at radius 3 is 2.06 bits per heavy atom. The first-order valence-corrected chi connectivity index (χ1v) is 5.65. The predicted octanol–water partition coefficient (Wildman–Crippen LogP) is 3.21. The minimum absolute atomic E-state index is 0.0572. The van der Waals surface area contributed by atoms with Gasteiger partial charge in [-0.25, -0.2) is 0 Å². The summed E-state index contributed by atoms with van der Waals surface area (Å²) in [7, 11) is 0. The van der Waals surface area contributed by atoms with Crippen molar-refractivity contribution in [2.24, 2.45) is 0 Å². The standard InChI is InChI=1S/C13H22O3/c1-5-7-9-13(10-8-6-2)16-12(4)15-11(3)14/h5-8,12-13H,9-10H2,1-4H3/b7-5-,8-6+. The van der Waals surface area contributed by atoms with E-state index in [0.717, 1.165) is 12.8 Å². The lowest BCUT2D eigenvalue weighted by molar-refractivity contribution is -0.181. The SMILES string of the molecule is C/C=C\CC(C/C=C/C)OC(C)OC(C)=O. The second-order valence-electron chi connectivity index (χ2n) is 3.54. The first-order chi connectivity index (χ1) is 7.60. The van der Waals surface area contributed by atoms with E-state index in [9.17, 15) is 4.79 Å². The molecular formula is C13H22O3. The molecule has 0 spiro atoms. The molecule has 92 valence electrons. The Labute approximate surface area is 98.1 Å². The Morgan fingerprint density at radius 1 is 1.19 bits per heavy atom. The van der Waals surface area contributed by atoms with Gasteiger partial charge in [0.25, 0.3) is 0 Å². The molecule has 0 aromatic rings. The molecule has 0 amide bonds. The van der Waals surface area contributed by atoms with E-state index in [1.165, 1.54) is 6.92 Å². The molecule has 0 aliphatic carbocycles. The van der Waals surface area contributed by atoms with Crippen LogP contribution < -0.4 is 0 Å². The number of allylic oxidation sites excluding steroid dienone is 2. The molecule has 0 N–H and O–H groups in total. The average molecular weight is 226 g/mol. The predicted molar refractivity (Wildman–Crippen MR) is 65.0 cm³/mol. The summed E-state index contributed by atoms with van der Waals surface area (Å²) in [5, 5.41) is 0. The third kappa shape index (κ3) is 8.24. The maximum absolute atomic E-state index is 10.7. The molecule has 0 aromatic carbocycles. The zero-order chi connectivity index (χ0) is 12.4. The van der Waals surface area contributed by atoms with Crippen LogP contribution >= 0.6 is 0 Å². The molecule has 0 saturated carbocycles. The largest absolute Gasteiger partial charge is 0.436 e. The van der Waals surface area contributed by atoms with Crippen LogP contribution in [0.15, 0.2) is 24.3 Å². The summed E-state index contributed by atoms with van der Waals surface area (Å²) < 4.78 is 10.6. The van der Waals surface area contributed by atoms with Gasteiger partial charge in [-0.1, -0.05) is 24.3 Å². The van der Waals surface area contributed by atoms with E-state index >= 15 is 0 Å². The summed E-state index contributed by atoms with van der Waals surface area (Å²) in [5.74, 6) is -0.316. The van der Waals surface area contributed by atoms with Crippen LogP contribution in [0.4, 0.5) is 0 Å². The zero-order valence-corrected chi connectivity index (χ0v) is 10.6. The van der Waals surface area contributed by atoms with E-state index in [0.29, 0.717) is 0 Å². The molecule has 3 nitrogen and oxygen atoms in total. The Balaban J connectivity index is 4.11. The Hall–Kier alpha value is -1.09. The summed E-state index contributed by atoms with van der Waals surface area (Å²) in [5.41, 5.74) is 0. The molecule has 3 heteroatoms. The number of esters is 1. The van der Waals surface area contributed by atoms with Crippen LogP contribution in [0.5, 0.6) is 0 Å². The van der Waals surface area contributed by atoms with Crippen molar-refractivity contribution in [2.45, 2.75) is 52.9 Å². The van der Waals surface area contributed by atoms with Crippen LogP contribution in [0.2, 0.25) is 0 Å². The van der Waals surface area contributed by atoms with E-state index < -0.39 is 6.29 Å². The van der Waals surface area contributed by atoms with Crippen molar-refractivity contribution in [1.29, 1.82) is 0 Å². The van der Waals surface area contributed by atoms with Crippen molar-refractivity contribution in [1.82, 2.24) is 0 Å². The van der Waals surface area contributed by atoms with Gasteiger partial charge in [0.1, 0.15) is 0 Å².